The van der Waals surface area contributed by atoms with Crippen molar-refractivity contribution in [1.82, 2.24) is 20.9 Å². The highest BCUT2D eigenvalue weighted by molar-refractivity contribution is 6.34. The Morgan fingerprint density at radius 3 is 2.21 bits per heavy atom. The van der Waals surface area contributed by atoms with Gasteiger partial charge in [0, 0.05) is 36.6 Å². The van der Waals surface area contributed by atoms with Gasteiger partial charge in [0.25, 0.3) is 11.8 Å². The lowest BCUT2D eigenvalue weighted by molar-refractivity contribution is 0.0896. The topological polar surface area (TPSA) is 120 Å². The van der Waals surface area contributed by atoms with Gasteiger partial charge in [-0.3, -0.25) is 19.4 Å². The summed E-state index contributed by atoms with van der Waals surface area (Å²) in [7, 11) is 0. The van der Waals surface area contributed by atoms with Gasteiger partial charge in [-0.05, 0) is 36.4 Å². The first-order chi connectivity index (χ1) is 15.9. The van der Waals surface area contributed by atoms with Gasteiger partial charge in [-0.1, -0.05) is 29.8 Å². The van der Waals surface area contributed by atoms with E-state index < -0.39 is 11.7 Å². The molecule has 2 amide bonds. The third-order valence-corrected chi connectivity index (χ3v) is 5.73. The summed E-state index contributed by atoms with van der Waals surface area (Å²) in [4.78, 5) is 41.9. The van der Waals surface area contributed by atoms with E-state index in [-0.39, 0.29) is 45.5 Å². The number of nitrogens with one attached hydrogen (secondary N) is 3. The fraction of sp³-hybridized carbons (Fsp3) is 0.167. The van der Waals surface area contributed by atoms with Crippen molar-refractivity contribution in [3.8, 4) is 5.75 Å². The molecule has 2 heterocycles. The number of carbonyl (C=O) groups is 3. The maximum Gasteiger partial charge on any atom is 0.253 e. The van der Waals surface area contributed by atoms with Crippen molar-refractivity contribution >= 4 is 29.2 Å². The monoisotopic (exact) mass is 464 g/mol. The zero-order valence-electron chi connectivity index (χ0n) is 17.4. The van der Waals surface area contributed by atoms with Crippen molar-refractivity contribution in [3.05, 3.63) is 94.3 Å². The maximum absolute atomic E-state index is 12.9. The summed E-state index contributed by atoms with van der Waals surface area (Å²) in [6.45, 7) is 0.984. The van der Waals surface area contributed by atoms with Crippen molar-refractivity contribution in [2.75, 3.05) is 13.1 Å². The normalized spacial score (nSPS) is 17.4. The van der Waals surface area contributed by atoms with Crippen molar-refractivity contribution in [2.45, 2.75) is 12.1 Å². The van der Waals surface area contributed by atoms with Gasteiger partial charge in [0.05, 0.1) is 28.2 Å². The van der Waals surface area contributed by atoms with E-state index in [0.29, 0.717) is 18.7 Å². The van der Waals surface area contributed by atoms with Crippen LogP contribution >= 0.6 is 11.6 Å². The van der Waals surface area contributed by atoms with Crippen molar-refractivity contribution in [2.24, 2.45) is 0 Å². The fourth-order valence-electron chi connectivity index (χ4n) is 3.64. The van der Waals surface area contributed by atoms with Crippen LogP contribution in [0, 0.1) is 0 Å². The Kier molecular flexibility index (Phi) is 6.67. The van der Waals surface area contributed by atoms with E-state index in [1.54, 1.807) is 24.3 Å². The largest absolute Gasteiger partial charge is 0.507 e. The molecule has 2 atom stereocenters. The molecule has 0 spiro atoms. The number of hydrogen-bond acceptors (Lipinski definition) is 6. The van der Waals surface area contributed by atoms with Crippen LogP contribution < -0.4 is 16.0 Å². The predicted molar refractivity (Wildman–Crippen MR) is 123 cm³/mol. The zero-order chi connectivity index (χ0) is 23.4. The second-order valence-electron chi connectivity index (χ2n) is 7.59. The zero-order valence-corrected chi connectivity index (χ0v) is 18.2. The summed E-state index contributed by atoms with van der Waals surface area (Å²) in [6, 6.07) is 13.1. The van der Waals surface area contributed by atoms with Crippen LogP contribution in [-0.4, -0.2) is 52.9 Å². The highest BCUT2D eigenvalue weighted by Gasteiger charge is 2.30. The van der Waals surface area contributed by atoms with Crippen LogP contribution in [0.4, 0.5) is 0 Å². The number of phenolic OH excluding ortho intramolecular Hbond substituents is 1. The summed E-state index contributed by atoms with van der Waals surface area (Å²) in [5.74, 6) is -1.20. The van der Waals surface area contributed by atoms with Crippen LogP contribution in [0.3, 0.4) is 0 Å². The van der Waals surface area contributed by atoms with Crippen molar-refractivity contribution in [3.63, 3.8) is 0 Å². The number of hydrogen-bond donors (Lipinski definition) is 4. The van der Waals surface area contributed by atoms with Crippen LogP contribution in [0.1, 0.15) is 36.6 Å². The summed E-state index contributed by atoms with van der Waals surface area (Å²) in [5.41, 5.74) is 1.09. The van der Waals surface area contributed by atoms with Gasteiger partial charge in [0.2, 0.25) is 0 Å². The van der Waals surface area contributed by atoms with Crippen LogP contribution in [0.15, 0.2) is 67.0 Å². The van der Waals surface area contributed by atoms with E-state index >= 15 is 0 Å². The SMILES string of the molecule is O=C(N[C@@H]1CNCC1NC(=O)c1ccc(C(=O)c2ccccc2O)cc1Cl)c1ccncc1. The molecule has 1 saturated heterocycles. The van der Waals surface area contributed by atoms with Gasteiger partial charge < -0.3 is 21.1 Å². The van der Waals surface area contributed by atoms with Crippen LogP contribution in [0.5, 0.6) is 5.75 Å². The Morgan fingerprint density at radius 2 is 1.55 bits per heavy atom. The Hall–Kier alpha value is -3.75. The van der Waals surface area contributed by atoms with E-state index in [1.165, 1.54) is 42.7 Å². The molecule has 4 N–H and O–H groups in total. The Morgan fingerprint density at radius 1 is 0.879 bits per heavy atom. The second kappa shape index (κ2) is 9.81. The first-order valence-corrected chi connectivity index (χ1v) is 10.7. The van der Waals surface area contributed by atoms with Crippen molar-refractivity contribution < 1.29 is 19.5 Å². The van der Waals surface area contributed by atoms with Gasteiger partial charge in [-0.25, -0.2) is 0 Å². The molecule has 0 radical (unpaired) electrons. The average Bonchev–Trinajstić information content (AvgIpc) is 3.25. The minimum atomic E-state index is -0.418. The molecule has 1 aromatic heterocycles. The average molecular weight is 465 g/mol. The molecule has 3 aromatic rings. The Labute approximate surface area is 195 Å². The number of halogens is 1. The summed E-state index contributed by atoms with van der Waals surface area (Å²) in [6.07, 6.45) is 3.08. The van der Waals surface area contributed by atoms with E-state index in [9.17, 15) is 19.5 Å². The molecule has 0 saturated carbocycles. The quantitative estimate of drug-likeness (QED) is 0.415. The number of para-hydroxylation sites is 1. The first kappa shape index (κ1) is 22.4. The molecular weight excluding hydrogens is 444 g/mol. The number of benzene rings is 2. The first-order valence-electron chi connectivity index (χ1n) is 10.3. The minimum Gasteiger partial charge on any atom is -0.507 e. The lowest BCUT2D eigenvalue weighted by atomic mass is 10.0. The molecule has 0 aliphatic carbocycles. The van der Waals surface area contributed by atoms with E-state index in [1.807, 2.05) is 0 Å². The number of rotatable bonds is 6. The van der Waals surface area contributed by atoms with Gasteiger partial charge in [0.1, 0.15) is 5.75 Å². The maximum atomic E-state index is 12.9. The molecular formula is C24H21ClN4O4. The fourth-order valence-corrected chi connectivity index (χ4v) is 3.91. The van der Waals surface area contributed by atoms with Gasteiger partial charge >= 0.3 is 0 Å². The van der Waals surface area contributed by atoms with E-state index in [0.717, 1.165) is 0 Å². The smallest absolute Gasteiger partial charge is 0.253 e. The minimum absolute atomic E-state index is 0.108. The van der Waals surface area contributed by atoms with E-state index in [2.05, 4.69) is 20.9 Å². The number of carbonyl (C=O) groups excluding carboxylic acids is 3. The summed E-state index contributed by atoms with van der Waals surface area (Å²) in [5, 5.41) is 19.0. The molecule has 33 heavy (non-hydrogen) atoms. The van der Waals surface area contributed by atoms with Crippen LogP contribution in [-0.2, 0) is 0 Å². The molecule has 2 aromatic carbocycles. The number of phenols is 1. The Balaban J connectivity index is 1.44. The van der Waals surface area contributed by atoms with Crippen LogP contribution in [0.2, 0.25) is 5.02 Å². The molecule has 168 valence electrons. The van der Waals surface area contributed by atoms with Crippen molar-refractivity contribution in [1.29, 1.82) is 0 Å². The lowest BCUT2D eigenvalue weighted by Gasteiger charge is -2.21. The number of pyridine rings is 1. The highest BCUT2D eigenvalue weighted by Crippen LogP contribution is 2.24. The molecule has 1 unspecified atom stereocenters. The summed E-state index contributed by atoms with van der Waals surface area (Å²) >= 11 is 6.31. The third kappa shape index (κ3) is 5.02. The lowest BCUT2D eigenvalue weighted by Crippen LogP contribution is -2.51. The molecule has 1 aliphatic rings. The van der Waals surface area contributed by atoms with E-state index in [4.69, 9.17) is 11.6 Å². The number of aromatic nitrogens is 1. The molecule has 1 aliphatic heterocycles. The third-order valence-electron chi connectivity index (χ3n) is 5.41. The molecule has 4 rings (SSSR count). The van der Waals surface area contributed by atoms with Crippen LogP contribution in [0.25, 0.3) is 0 Å². The Bertz CT molecular complexity index is 1200. The van der Waals surface area contributed by atoms with Gasteiger partial charge in [0.15, 0.2) is 5.78 Å². The standard InChI is InChI=1S/C24H21ClN4O4/c25-18-11-15(22(31)17-3-1-2-4-21(17)30)5-6-16(18)24(33)29-20-13-27-12-19(20)28-23(32)14-7-9-26-10-8-14/h1-11,19-20,27,30H,12-13H2,(H,28,32)(H,29,33)/t19-,20?/m1/s1. The molecule has 8 nitrogen and oxygen atoms in total. The van der Waals surface area contributed by atoms with Gasteiger partial charge in [-0.15, -0.1) is 0 Å². The number of nitrogens with zero attached hydrogens (tertiary/aromatic N) is 1. The highest BCUT2D eigenvalue weighted by atomic mass is 35.5. The predicted octanol–water partition coefficient (Wildman–Crippen LogP) is 2.17. The molecule has 9 heteroatoms. The summed E-state index contributed by atoms with van der Waals surface area (Å²) < 4.78 is 0. The molecule has 1 fully saturated rings. The molecule has 0 bridgehead atoms. The second-order valence-corrected chi connectivity index (χ2v) is 8.00. The van der Waals surface area contributed by atoms with Gasteiger partial charge in [-0.2, -0.15) is 0 Å². The number of aromatic hydroxyl groups is 1. The number of ketones is 1. The number of amides is 2.